The van der Waals surface area contributed by atoms with Gasteiger partial charge in [-0.1, -0.05) is 37.1 Å². The molecule has 1 heterocycles. The topological polar surface area (TPSA) is 29.3 Å². The van der Waals surface area contributed by atoms with Crippen molar-refractivity contribution in [1.82, 2.24) is 4.90 Å². The van der Waals surface area contributed by atoms with E-state index < -0.39 is 0 Å². The Bertz CT molecular complexity index is 355. The molecule has 1 aromatic carbocycles. The summed E-state index contributed by atoms with van der Waals surface area (Å²) in [5.74, 6) is 0. The predicted octanol–water partition coefficient (Wildman–Crippen LogP) is 2.27. The highest BCUT2D eigenvalue weighted by atomic mass is 15.2. The average molecular weight is 216 g/mol. The minimum atomic E-state index is 0.305. The van der Waals surface area contributed by atoms with Crippen LogP contribution in [0.2, 0.25) is 0 Å². The number of nitrogens with two attached hydrogens (primary N) is 1. The normalized spacial score (nSPS) is 23.6. The van der Waals surface area contributed by atoms with Crippen LogP contribution in [-0.4, -0.2) is 17.0 Å². The number of nitrogens with zero attached hydrogens (tertiary/aromatic N) is 1. The Labute approximate surface area is 97.4 Å². The van der Waals surface area contributed by atoms with Gasteiger partial charge in [0.05, 0.1) is 0 Å². The van der Waals surface area contributed by atoms with Gasteiger partial charge in [-0.05, 0) is 24.0 Å². The monoisotopic (exact) mass is 216 g/mol. The van der Waals surface area contributed by atoms with Crippen LogP contribution in [0.15, 0.2) is 24.3 Å². The zero-order valence-corrected chi connectivity index (χ0v) is 9.78. The van der Waals surface area contributed by atoms with E-state index >= 15 is 0 Å². The fourth-order valence-electron chi connectivity index (χ4n) is 3.35. The highest BCUT2D eigenvalue weighted by Gasteiger charge is 2.40. The predicted molar refractivity (Wildman–Crippen MR) is 65.9 cm³/mol. The molecule has 2 aliphatic rings. The fourth-order valence-corrected chi connectivity index (χ4v) is 3.35. The molecule has 1 fully saturated rings. The molecule has 1 aliphatic carbocycles. The van der Waals surface area contributed by atoms with Gasteiger partial charge in [0.1, 0.15) is 0 Å². The molecule has 0 amide bonds. The molecule has 2 heteroatoms. The summed E-state index contributed by atoms with van der Waals surface area (Å²) < 4.78 is 0. The van der Waals surface area contributed by atoms with Gasteiger partial charge in [0.25, 0.3) is 0 Å². The number of hydrogen-bond donors (Lipinski definition) is 1. The summed E-state index contributed by atoms with van der Waals surface area (Å²) in [6.45, 7) is 3.03. The molecular weight excluding hydrogens is 196 g/mol. The van der Waals surface area contributed by atoms with Gasteiger partial charge in [-0.25, -0.2) is 0 Å². The van der Waals surface area contributed by atoms with Crippen molar-refractivity contribution in [2.45, 2.75) is 44.3 Å². The third-order valence-corrected chi connectivity index (χ3v) is 4.43. The molecule has 16 heavy (non-hydrogen) atoms. The summed E-state index contributed by atoms with van der Waals surface area (Å²) in [5.41, 5.74) is 9.35. The molecule has 0 spiro atoms. The van der Waals surface area contributed by atoms with Crippen LogP contribution in [0.5, 0.6) is 0 Å². The molecule has 0 bridgehead atoms. The highest BCUT2D eigenvalue weighted by Crippen LogP contribution is 2.39. The van der Waals surface area contributed by atoms with Gasteiger partial charge in [0.2, 0.25) is 0 Å². The molecule has 1 aliphatic heterocycles. The van der Waals surface area contributed by atoms with Crippen LogP contribution < -0.4 is 5.73 Å². The largest absolute Gasteiger partial charge is 0.329 e. The Morgan fingerprint density at radius 2 is 1.62 bits per heavy atom. The van der Waals surface area contributed by atoms with Gasteiger partial charge in [0, 0.05) is 25.2 Å². The molecule has 3 rings (SSSR count). The van der Waals surface area contributed by atoms with E-state index in [1.807, 2.05) is 0 Å². The second kappa shape index (κ2) is 3.86. The zero-order chi connectivity index (χ0) is 11.0. The van der Waals surface area contributed by atoms with E-state index in [1.165, 1.54) is 36.8 Å². The second-order valence-electron chi connectivity index (χ2n) is 5.26. The quantitative estimate of drug-likeness (QED) is 0.821. The summed E-state index contributed by atoms with van der Waals surface area (Å²) >= 11 is 0. The standard InChI is InChI=1S/C14H20N2/c15-11-14(7-3-4-8-14)16-9-12-5-1-2-6-13(12)10-16/h1-2,5-6H,3-4,7-11,15H2. The third kappa shape index (κ3) is 1.48. The SMILES string of the molecule is NCC1(N2Cc3ccccc3C2)CCCC1. The van der Waals surface area contributed by atoms with E-state index in [4.69, 9.17) is 5.73 Å². The number of fused-ring (bicyclic) bond motifs is 1. The Morgan fingerprint density at radius 1 is 1.06 bits per heavy atom. The van der Waals surface area contributed by atoms with Gasteiger partial charge in [-0.15, -0.1) is 0 Å². The first-order valence-corrected chi connectivity index (χ1v) is 6.36. The average Bonchev–Trinajstić information content (AvgIpc) is 2.96. The maximum atomic E-state index is 6.04. The molecule has 1 saturated carbocycles. The summed E-state index contributed by atoms with van der Waals surface area (Å²) in [4.78, 5) is 2.62. The number of rotatable bonds is 2. The zero-order valence-electron chi connectivity index (χ0n) is 9.78. The van der Waals surface area contributed by atoms with Gasteiger partial charge < -0.3 is 5.73 Å². The molecule has 86 valence electrons. The van der Waals surface area contributed by atoms with Gasteiger partial charge in [0.15, 0.2) is 0 Å². The van der Waals surface area contributed by atoms with E-state index in [-0.39, 0.29) is 0 Å². The van der Waals surface area contributed by atoms with E-state index in [0.717, 1.165) is 19.6 Å². The van der Waals surface area contributed by atoms with E-state index in [0.29, 0.717) is 5.54 Å². The van der Waals surface area contributed by atoms with Crippen LogP contribution in [0.4, 0.5) is 0 Å². The van der Waals surface area contributed by atoms with E-state index in [2.05, 4.69) is 29.2 Å². The molecule has 0 aromatic heterocycles. The van der Waals surface area contributed by atoms with Crippen molar-refractivity contribution < 1.29 is 0 Å². The van der Waals surface area contributed by atoms with Crippen LogP contribution >= 0.6 is 0 Å². The molecule has 2 N–H and O–H groups in total. The Morgan fingerprint density at radius 3 is 2.12 bits per heavy atom. The summed E-state index contributed by atoms with van der Waals surface area (Å²) in [5, 5.41) is 0. The third-order valence-electron chi connectivity index (χ3n) is 4.43. The van der Waals surface area contributed by atoms with Crippen molar-refractivity contribution in [2.75, 3.05) is 6.54 Å². The van der Waals surface area contributed by atoms with Crippen LogP contribution in [0, 0.1) is 0 Å². The molecule has 0 atom stereocenters. The van der Waals surface area contributed by atoms with Crippen molar-refractivity contribution in [3.8, 4) is 0 Å². The first kappa shape index (κ1) is 10.3. The maximum Gasteiger partial charge on any atom is 0.0338 e. The van der Waals surface area contributed by atoms with Crippen LogP contribution in [0.1, 0.15) is 36.8 Å². The molecule has 0 unspecified atom stereocenters. The maximum absolute atomic E-state index is 6.04. The lowest BCUT2D eigenvalue weighted by atomic mass is 9.95. The lowest BCUT2D eigenvalue weighted by molar-refractivity contribution is 0.0968. The Balaban J connectivity index is 1.84. The van der Waals surface area contributed by atoms with Crippen molar-refractivity contribution >= 4 is 0 Å². The Hall–Kier alpha value is -0.860. The van der Waals surface area contributed by atoms with Crippen LogP contribution in [0.3, 0.4) is 0 Å². The molecule has 0 saturated heterocycles. The summed E-state index contributed by atoms with van der Waals surface area (Å²) in [6, 6.07) is 8.81. The van der Waals surface area contributed by atoms with Crippen molar-refractivity contribution in [2.24, 2.45) is 5.73 Å². The lowest BCUT2D eigenvalue weighted by Gasteiger charge is -2.37. The first-order valence-electron chi connectivity index (χ1n) is 6.36. The van der Waals surface area contributed by atoms with Gasteiger partial charge in [-0.3, -0.25) is 4.90 Å². The smallest absolute Gasteiger partial charge is 0.0338 e. The summed E-state index contributed by atoms with van der Waals surface area (Å²) in [7, 11) is 0. The van der Waals surface area contributed by atoms with Gasteiger partial charge >= 0.3 is 0 Å². The van der Waals surface area contributed by atoms with Crippen molar-refractivity contribution in [1.29, 1.82) is 0 Å². The molecular formula is C14H20N2. The van der Waals surface area contributed by atoms with Crippen LogP contribution in [0.25, 0.3) is 0 Å². The van der Waals surface area contributed by atoms with E-state index in [1.54, 1.807) is 0 Å². The molecule has 2 nitrogen and oxygen atoms in total. The summed E-state index contributed by atoms with van der Waals surface area (Å²) in [6.07, 6.45) is 5.28. The second-order valence-corrected chi connectivity index (χ2v) is 5.26. The molecule has 1 aromatic rings. The highest BCUT2D eigenvalue weighted by molar-refractivity contribution is 5.31. The first-order chi connectivity index (χ1) is 7.84. The van der Waals surface area contributed by atoms with E-state index in [9.17, 15) is 0 Å². The fraction of sp³-hybridized carbons (Fsp3) is 0.571. The van der Waals surface area contributed by atoms with Gasteiger partial charge in [-0.2, -0.15) is 0 Å². The minimum absolute atomic E-state index is 0.305. The Kier molecular flexibility index (Phi) is 2.49. The van der Waals surface area contributed by atoms with Crippen molar-refractivity contribution in [3.63, 3.8) is 0 Å². The van der Waals surface area contributed by atoms with Crippen molar-refractivity contribution in [3.05, 3.63) is 35.4 Å². The number of benzene rings is 1. The minimum Gasteiger partial charge on any atom is -0.329 e. The molecule has 0 radical (unpaired) electrons. The number of hydrogen-bond acceptors (Lipinski definition) is 2. The van der Waals surface area contributed by atoms with Crippen LogP contribution in [-0.2, 0) is 13.1 Å². The lowest BCUT2D eigenvalue weighted by Crippen LogP contribution is -2.49.